The van der Waals surface area contributed by atoms with E-state index < -0.39 is 31.8 Å². The molecule has 2 aromatic heterocycles. The summed E-state index contributed by atoms with van der Waals surface area (Å²) in [6.07, 6.45) is 0.674. The molecule has 1 unspecified atom stereocenters. The van der Waals surface area contributed by atoms with Crippen LogP contribution in [0.15, 0.2) is 11.1 Å². The molecular weight excluding hydrogens is 430 g/mol. The highest BCUT2D eigenvalue weighted by molar-refractivity contribution is 6.74. The highest BCUT2D eigenvalue weighted by atomic mass is 28.4. The predicted molar refractivity (Wildman–Crippen MR) is 122 cm³/mol. The number of aliphatic hydroxyl groups excluding tert-OH is 1. The number of rotatable bonds is 6. The van der Waals surface area contributed by atoms with Crippen molar-refractivity contribution >= 4 is 31.3 Å². The Morgan fingerprint density at radius 2 is 2.16 bits per heavy atom. The van der Waals surface area contributed by atoms with Gasteiger partial charge in [-0.15, -0.1) is 0 Å². The fraction of sp³-hybridized carbons (Fsp3) is 0.714. The van der Waals surface area contributed by atoms with Crippen molar-refractivity contribution in [3.8, 4) is 0 Å². The Balaban J connectivity index is 1.58. The molecular formula is C21H33N5O5Si. The van der Waals surface area contributed by atoms with Gasteiger partial charge in [0.25, 0.3) is 5.56 Å². The van der Waals surface area contributed by atoms with Gasteiger partial charge in [-0.05, 0) is 24.6 Å². The quantitative estimate of drug-likeness (QED) is 0.561. The molecule has 2 aromatic rings. The molecule has 176 valence electrons. The molecule has 1 saturated heterocycles. The summed E-state index contributed by atoms with van der Waals surface area (Å²) >= 11 is 0. The Bertz CT molecular complexity index is 1100. The first-order valence-electron chi connectivity index (χ1n) is 11.0. The summed E-state index contributed by atoms with van der Waals surface area (Å²) in [7, 11) is -1.97. The highest BCUT2D eigenvalue weighted by Gasteiger charge is 2.68. The van der Waals surface area contributed by atoms with Gasteiger partial charge in [-0.1, -0.05) is 34.6 Å². The van der Waals surface area contributed by atoms with Crippen molar-refractivity contribution in [1.29, 1.82) is 0 Å². The number of ether oxygens (including phenoxy) is 1. The molecule has 1 aliphatic heterocycles. The molecule has 10 nitrogen and oxygen atoms in total. The monoisotopic (exact) mass is 463 g/mol. The van der Waals surface area contributed by atoms with E-state index >= 15 is 0 Å². The number of fused-ring (bicyclic) bond motifs is 2. The molecule has 2 aliphatic rings. The van der Waals surface area contributed by atoms with Gasteiger partial charge < -0.3 is 14.3 Å². The van der Waals surface area contributed by atoms with Crippen LogP contribution >= 0.6 is 0 Å². The number of aliphatic hydroxyl groups is 1. The number of amides is 1. The van der Waals surface area contributed by atoms with Gasteiger partial charge in [0.05, 0.1) is 18.5 Å². The third-order valence-electron chi connectivity index (χ3n) is 7.10. The van der Waals surface area contributed by atoms with Crippen molar-refractivity contribution < 1.29 is 19.1 Å². The SMILES string of the molecule is CC(C)C(=O)Nc1nc2c(ncn2[C@@H]2O[C@@]3(CO[Si](C)(C)C(C)(C)C)CC3[C@H]2O)c(=O)[nH]1. The molecule has 1 aliphatic carbocycles. The number of hydrogen-bond donors (Lipinski definition) is 3. The second-order valence-electron chi connectivity index (χ2n) is 10.8. The second kappa shape index (κ2) is 7.47. The number of anilines is 1. The van der Waals surface area contributed by atoms with Crippen molar-refractivity contribution in [2.45, 2.75) is 77.1 Å². The van der Waals surface area contributed by atoms with Crippen molar-refractivity contribution in [2.75, 3.05) is 11.9 Å². The number of nitrogens with zero attached hydrogens (tertiary/aromatic N) is 3. The molecule has 2 fully saturated rings. The first-order chi connectivity index (χ1) is 14.8. The van der Waals surface area contributed by atoms with Crippen LogP contribution in [0, 0.1) is 11.8 Å². The summed E-state index contributed by atoms with van der Waals surface area (Å²) in [5.74, 6) is -0.541. The van der Waals surface area contributed by atoms with Gasteiger partial charge >= 0.3 is 0 Å². The standard InChI is InChI=1S/C21H33N5O5Si/c1-11(2)16(28)24-19-23-15-13(17(29)25-19)22-10-26(15)18-14(27)12-8-21(12,31-18)9-30-32(6,7)20(3,4)5/h10-12,14,18,27H,8-9H2,1-7H3,(H2,23,24,25,28,29)/t12?,14-,18-,21-/m1/s1. The molecule has 4 atom stereocenters. The molecule has 0 spiro atoms. The summed E-state index contributed by atoms with van der Waals surface area (Å²) in [5.41, 5.74) is -0.637. The van der Waals surface area contributed by atoms with E-state index in [4.69, 9.17) is 9.16 Å². The lowest BCUT2D eigenvalue weighted by atomic mass is 10.2. The van der Waals surface area contributed by atoms with Crippen LogP contribution in [-0.2, 0) is 14.0 Å². The summed E-state index contributed by atoms with van der Waals surface area (Å²) < 4.78 is 14.3. The van der Waals surface area contributed by atoms with Gasteiger partial charge in [0, 0.05) is 11.8 Å². The van der Waals surface area contributed by atoms with Gasteiger partial charge in [0.15, 0.2) is 25.7 Å². The zero-order valence-electron chi connectivity index (χ0n) is 19.7. The van der Waals surface area contributed by atoms with E-state index in [-0.39, 0.29) is 39.9 Å². The first-order valence-corrected chi connectivity index (χ1v) is 13.9. The smallest absolute Gasteiger partial charge is 0.280 e. The van der Waals surface area contributed by atoms with Crippen LogP contribution in [0.1, 0.15) is 47.3 Å². The fourth-order valence-electron chi connectivity index (χ4n) is 3.76. The summed E-state index contributed by atoms with van der Waals surface area (Å²) in [6, 6.07) is 0. The van der Waals surface area contributed by atoms with Crippen LogP contribution in [0.4, 0.5) is 5.95 Å². The van der Waals surface area contributed by atoms with Gasteiger partial charge in [-0.25, -0.2) is 4.98 Å². The molecule has 3 N–H and O–H groups in total. The van der Waals surface area contributed by atoms with Crippen molar-refractivity contribution in [3.63, 3.8) is 0 Å². The second-order valence-corrected chi connectivity index (χ2v) is 15.6. The number of hydrogen-bond acceptors (Lipinski definition) is 7. The minimum Gasteiger partial charge on any atom is -0.414 e. The Kier molecular flexibility index (Phi) is 5.39. The van der Waals surface area contributed by atoms with Crippen LogP contribution in [0.5, 0.6) is 0 Å². The summed E-state index contributed by atoms with van der Waals surface area (Å²) in [6.45, 7) is 14.9. The van der Waals surface area contributed by atoms with Gasteiger partial charge in [-0.3, -0.25) is 24.5 Å². The minimum atomic E-state index is -1.97. The molecule has 0 aromatic carbocycles. The number of aromatic amines is 1. The van der Waals surface area contributed by atoms with Crippen molar-refractivity contribution in [2.24, 2.45) is 11.8 Å². The molecule has 0 bridgehead atoms. The number of carbonyl (C=O) groups excluding carboxylic acids is 1. The molecule has 11 heteroatoms. The van der Waals surface area contributed by atoms with Crippen LogP contribution in [0.25, 0.3) is 11.2 Å². The van der Waals surface area contributed by atoms with Crippen LogP contribution in [-0.4, -0.2) is 57.2 Å². The lowest BCUT2D eigenvalue weighted by Crippen LogP contribution is -2.43. The van der Waals surface area contributed by atoms with Crippen LogP contribution in [0.2, 0.25) is 18.1 Å². The zero-order chi connectivity index (χ0) is 23.6. The fourth-order valence-corrected chi connectivity index (χ4v) is 4.80. The Hall–Kier alpha value is -2.08. The third kappa shape index (κ3) is 3.80. The molecule has 3 heterocycles. The minimum absolute atomic E-state index is 0.0385. The highest BCUT2D eigenvalue weighted by Crippen LogP contribution is 2.60. The first kappa shape index (κ1) is 23.1. The Morgan fingerprint density at radius 1 is 1.47 bits per heavy atom. The lowest BCUT2D eigenvalue weighted by molar-refractivity contribution is -0.118. The molecule has 1 saturated carbocycles. The normalized spacial score (nSPS) is 27.7. The topological polar surface area (TPSA) is 131 Å². The van der Waals surface area contributed by atoms with E-state index in [1.807, 2.05) is 0 Å². The van der Waals surface area contributed by atoms with E-state index in [2.05, 4.69) is 54.1 Å². The maximum Gasteiger partial charge on any atom is 0.280 e. The van der Waals surface area contributed by atoms with Crippen LogP contribution in [0.3, 0.4) is 0 Å². The Morgan fingerprint density at radius 3 is 2.78 bits per heavy atom. The van der Waals surface area contributed by atoms with Gasteiger partial charge in [0.2, 0.25) is 11.9 Å². The maximum atomic E-state index is 12.5. The van der Waals surface area contributed by atoms with E-state index in [9.17, 15) is 14.7 Å². The number of carbonyl (C=O) groups is 1. The summed E-state index contributed by atoms with van der Waals surface area (Å²) in [5, 5.41) is 13.6. The average Bonchev–Trinajstić information content (AvgIpc) is 3.11. The lowest BCUT2D eigenvalue weighted by Gasteiger charge is -2.37. The third-order valence-corrected chi connectivity index (χ3v) is 11.6. The molecule has 1 amide bonds. The van der Waals surface area contributed by atoms with Crippen molar-refractivity contribution in [1.82, 2.24) is 19.5 Å². The van der Waals surface area contributed by atoms with E-state index in [0.29, 0.717) is 6.61 Å². The van der Waals surface area contributed by atoms with Crippen molar-refractivity contribution in [3.05, 3.63) is 16.7 Å². The number of aromatic nitrogens is 4. The largest absolute Gasteiger partial charge is 0.414 e. The molecule has 0 radical (unpaired) electrons. The summed E-state index contributed by atoms with van der Waals surface area (Å²) in [4.78, 5) is 35.6. The van der Waals surface area contributed by atoms with E-state index in [1.54, 1.807) is 18.4 Å². The predicted octanol–water partition coefficient (Wildman–Crippen LogP) is 2.38. The molecule has 32 heavy (non-hydrogen) atoms. The average molecular weight is 464 g/mol. The van der Waals surface area contributed by atoms with E-state index in [0.717, 1.165) is 6.42 Å². The Labute approximate surface area is 187 Å². The molecule has 4 rings (SSSR count). The number of imidazole rings is 1. The number of nitrogens with one attached hydrogen (secondary N) is 2. The van der Waals surface area contributed by atoms with Crippen LogP contribution < -0.4 is 10.9 Å². The number of H-pyrrole nitrogens is 1. The van der Waals surface area contributed by atoms with E-state index in [1.165, 1.54) is 6.33 Å². The van der Waals surface area contributed by atoms with Gasteiger partial charge in [-0.2, -0.15) is 4.98 Å². The maximum absolute atomic E-state index is 12.5. The zero-order valence-corrected chi connectivity index (χ0v) is 20.7. The van der Waals surface area contributed by atoms with Gasteiger partial charge in [0.1, 0.15) is 6.10 Å².